The number of hydrogen-bond acceptors (Lipinski definition) is 4. The summed E-state index contributed by atoms with van der Waals surface area (Å²) in [7, 11) is -3.79. The average Bonchev–Trinajstić information content (AvgIpc) is 2.66. The van der Waals surface area contributed by atoms with E-state index in [4.69, 9.17) is 4.42 Å². The van der Waals surface area contributed by atoms with Gasteiger partial charge in [-0.3, -0.25) is 0 Å². The second-order valence-corrected chi connectivity index (χ2v) is 6.56. The Kier molecular flexibility index (Phi) is 3.69. The number of aryl methyl sites for hydroxylation is 2. The normalized spacial score (nSPS) is 17.6. The number of furan rings is 1. The zero-order chi connectivity index (χ0) is 14.2. The first-order valence-corrected chi connectivity index (χ1v) is 7.63. The van der Waals surface area contributed by atoms with Crippen molar-refractivity contribution in [2.75, 3.05) is 13.1 Å². The van der Waals surface area contributed by atoms with Gasteiger partial charge in [0.05, 0.1) is 0 Å². The summed E-state index contributed by atoms with van der Waals surface area (Å²) in [5.41, 5.74) is -0.247. The lowest BCUT2D eigenvalue weighted by Crippen LogP contribution is -2.36. The van der Waals surface area contributed by atoms with E-state index in [9.17, 15) is 18.3 Å². The SMILES string of the molecule is Cc1oc(C)c(S(=O)(=O)N2CCCCC2)c1C(=O)O. The molecule has 0 amide bonds. The number of carboxylic acid groups (broad SMARTS) is 1. The third-order valence-corrected chi connectivity index (χ3v) is 5.38. The number of rotatable bonds is 3. The van der Waals surface area contributed by atoms with Crippen molar-refractivity contribution in [3.8, 4) is 0 Å². The van der Waals surface area contributed by atoms with Crippen molar-refractivity contribution in [2.24, 2.45) is 0 Å². The predicted octanol–water partition coefficient (Wildman–Crippen LogP) is 1.77. The second-order valence-electron chi connectivity index (χ2n) is 4.69. The number of nitrogens with zero attached hydrogens (tertiary/aromatic N) is 1. The highest BCUT2D eigenvalue weighted by Gasteiger charge is 2.35. The Bertz CT molecular complexity index is 596. The molecule has 0 aromatic carbocycles. The molecule has 0 atom stereocenters. The number of sulfonamides is 1. The molecule has 6 nitrogen and oxygen atoms in total. The van der Waals surface area contributed by atoms with Crippen LogP contribution in [0.1, 0.15) is 41.1 Å². The maximum atomic E-state index is 12.5. The summed E-state index contributed by atoms with van der Waals surface area (Å²) in [6.07, 6.45) is 2.61. The van der Waals surface area contributed by atoms with Gasteiger partial charge in [0.15, 0.2) is 0 Å². The molecule has 0 spiro atoms. The van der Waals surface area contributed by atoms with E-state index in [0.717, 1.165) is 19.3 Å². The zero-order valence-corrected chi connectivity index (χ0v) is 11.8. The maximum Gasteiger partial charge on any atom is 0.340 e. The van der Waals surface area contributed by atoms with Crippen LogP contribution in [-0.2, 0) is 10.0 Å². The largest absolute Gasteiger partial charge is 0.478 e. The average molecular weight is 287 g/mol. The van der Waals surface area contributed by atoms with Gasteiger partial charge in [-0.15, -0.1) is 0 Å². The Morgan fingerprint density at radius 1 is 1.16 bits per heavy atom. The van der Waals surface area contributed by atoms with Gasteiger partial charge in [-0.05, 0) is 26.7 Å². The molecule has 1 aromatic rings. The zero-order valence-electron chi connectivity index (χ0n) is 11.0. The molecule has 2 rings (SSSR count). The van der Waals surface area contributed by atoms with Crippen LogP contribution in [0.3, 0.4) is 0 Å². The van der Waals surface area contributed by atoms with E-state index >= 15 is 0 Å². The summed E-state index contributed by atoms with van der Waals surface area (Å²) in [5, 5.41) is 9.18. The summed E-state index contributed by atoms with van der Waals surface area (Å²) in [6, 6.07) is 0. The number of hydrogen-bond donors (Lipinski definition) is 1. The van der Waals surface area contributed by atoms with Crippen molar-refractivity contribution in [2.45, 2.75) is 38.0 Å². The molecule has 0 unspecified atom stereocenters. The first-order chi connectivity index (χ1) is 8.85. The van der Waals surface area contributed by atoms with Gasteiger partial charge in [0.25, 0.3) is 0 Å². The minimum Gasteiger partial charge on any atom is -0.478 e. The van der Waals surface area contributed by atoms with Crippen molar-refractivity contribution in [3.63, 3.8) is 0 Å². The summed E-state index contributed by atoms with van der Waals surface area (Å²) >= 11 is 0. The van der Waals surface area contributed by atoms with Crippen LogP contribution in [-0.4, -0.2) is 36.9 Å². The highest BCUT2D eigenvalue weighted by atomic mass is 32.2. The monoisotopic (exact) mass is 287 g/mol. The van der Waals surface area contributed by atoms with Crippen LogP contribution >= 0.6 is 0 Å². The number of carboxylic acids is 1. The van der Waals surface area contributed by atoms with E-state index in [0.29, 0.717) is 13.1 Å². The van der Waals surface area contributed by atoms with E-state index < -0.39 is 16.0 Å². The Morgan fingerprint density at radius 2 is 1.74 bits per heavy atom. The molecule has 1 saturated heterocycles. The molecule has 106 valence electrons. The quantitative estimate of drug-likeness (QED) is 0.915. The maximum absolute atomic E-state index is 12.5. The highest BCUT2D eigenvalue weighted by Crippen LogP contribution is 2.30. The standard InChI is InChI=1S/C12H17NO5S/c1-8-10(12(14)15)11(9(2)18-8)19(16,17)13-6-4-3-5-7-13/h3-7H2,1-2H3,(H,14,15). The van der Waals surface area contributed by atoms with Crippen molar-refractivity contribution < 1.29 is 22.7 Å². The topological polar surface area (TPSA) is 87.8 Å². The summed E-state index contributed by atoms with van der Waals surface area (Å²) in [6.45, 7) is 3.82. The van der Waals surface area contributed by atoms with Crippen LogP contribution in [0.2, 0.25) is 0 Å². The van der Waals surface area contributed by atoms with E-state index in [1.807, 2.05) is 0 Å². The molecule has 1 fully saturated rings. The minimum absolute atomic E-state index is 0.126. The van der Waals surface area contributed by atoms with Crippen LogP contribution in [0.5, 0.6) is 0 Å². The molecule has 1 aliphatic rings. The van der Waals surface area contributed by atoms with E-state index in [1.165, 1.54) is 18.2 Å². The van der Waals surface area contributed by atoms with Gasteiger partial charge in [-0.25, -0.2) is 13.2 Å². The smallest absolute Gasteiger partial charge is 0.340 e. The lowest BCUT2D eigenvalue weighted by atomic mass is 10.2. The van der Waals surface area contributed by atoms with Crippen molar-refractivity contribution in [1.29, 1.82) is 0 Å². The Balaban J connectivity index is 2.54. The van der Waals surface area contributed by atoms with Gasteiger partial charge in [-0.1, -0.05) is 6.42 Å². The highest BCUT2D eigenvalue weighted by molar-refractivity contribution is 7.89. The van der Waals surface area contributed by atoms with Crippen LogP contribution in [0.15, 0.2) is 9.31 Å². The number of aromatic carboxylic acids is 1. The minimum atomic E-state index is -3.79. The predicted molar refractivity (Wildman–Crippen MR) is 67.8 cm³/mol. The molecule has 1 aromatic heterocycles. The molecular formula is C12H17NO5S. The fraction of sp³-hybridized carbons (Fsp3) is 0.583. The summed E-state index contributed by atoms with van der Waals surface area (Å²) < 4.78 is 31.6. The molecular weight excluding hydrogens is 270 g/mol. The molecule has 7 heteroatoms. The van der Waals surface area contributed by atoms with Crippen LogP contribution in [0.25, 0.3) is 0 Å². The molecule has 0 aliphatic carbocycles. The lowest BCUT2D eigenvalue weighted by molar-refractivity contribution is 0.0691. The van der Waals surface area contributed by atoms with Crippen molar-refractivity contribution in [3.05, 3.63) is 17.1 Å². The van der Waals surface area contributed by atoms with Crippen molar-refractivity contribution in [1.82, 2.24) is 4.31 Å². The fourth-order valence-corrected chi connectivity index (χ4v) is 4.35. The number of piperidine rings is 1. The van der Waals surface area contributed by atoms with Gasteiger partial charge in [0.1, 0.15) is 22.0 Å². The van der Waals surface area contributed by atoms with E-state index in [2.05, 4.69) is 0 Å². The van der Waals surface area contributed by atoms with Crippen molar-refractivity contribution >= 4 is 16.0 Å². The first kappa shape index (κ1) is 14.1. The summed E-state index contributed by atoms with van der Waals surface area (Å²) in [4.78, 5) is 11.0. The van der Waals surface area contributed by atoms with Crippen LogP contribution < -0.4 is 0 Å². The van der Waals surface area contributed by atoms with Gasteiger partial charge in [-0.2, -0.15) is 4.31 Å². The number of carbonyl (C=O) groups is 1. The van der Waals surface area contributed by atoms with E-state index in [-0.39, 0.29) is 22.0 Å². The molecule has 19 heavy (non-hydrogen) atoms. The molecule has 0 saturated carbocycles. The molecule has 2 heterocycles. The summed E-state index contributed by atoms with van der Waals surface area (Å²) in [5.74, 6) is -1.01. The third kappa shape index (κ3) is 2.40. The lowest BCUT2D eigenvalue weighted by Gasteiger charge is -2.25. The van der Waals surface area contributed by atoms with Gasteiger partial charge < -0.3 is 9.52 Å². The second kappa shape index (κ2) is 4.97. The molecule has 1 N–H and O–H groups in total. The Morgan fingerprint density at radius 3 is 2.26 bits per heavy atom. The molecule has 0 bridgehead atoms. The van der Waals surface area contributed by atoms with E-state index in [1.54, 1.807) is 0 Å². The van der Waals surface area contributed by atoms with Crippen LogP contribution in [0, 0.1) is 13.8 Å². The first-order valence-electron chi connectivity index (χ1n) is 6.19. The third-order valence-electron chi connectivity index (χ3n) is 3.33. The molecule has 0 radical (unpaired) electrons. The fourth-order valence-electron chi connectivity index (χ4n) is 2.46. The Labute approximate surface area is 112 Å². The van der Waals surface area contributed by atoms with Crippen LogP contribution in [0.4, 0.5) is 0 Å². The Hall–Kier alpha value is -1.34. The van der Waals surface area contributed by atoms with Gasteiger partial charge >= 0.3 is 5.97 Å². The van der Waals surface area contributed by atoms with Gasteiger partial charge in [0.2, 0.25) is 10.0 Å². The molecule has 1 aliphatic heterocycles. The van der Waals surface area contributed by atoms with Gasteiger partial charge in [0, 0.05) is 13.1 Å².